The van der Waals surface area contributed by atoms with Crippen molar-refractivity contribution < 1.29 is 23.8 Å². The van der Waals surface area contributed by atoms with Crippen molar-refractivity contribution >= 4 is 11.8 Å². The van der Waals surface area contributed by atoms with Gasteiger partial charge >= 0.3 is 5.97 Å². The maximum Gasteiger partial charge on any atom is 0.316 e. The third-order valence-electron chi connectivity index (χ3n) is 3.62. The molecular weight excluding hydrogens is 260 g/mol. The first-order valence-electron chi connectivity index (χ1n) is 6.49. The predicted molar refractivity (Wildman–Crippen MR) is 72.3 cm³/mol. The van der Waals surface area contributed by atoms with Gasteiger partial charge in [-0.1, -0.05) is 0 Å². The number of fused-ring (bicyclic) bond motifs is 1. The Morgan fingerprint density at radius 1 is 1.15 bits per heavy atom. The quantitative estimate of drug-likeness (QED) is 0.481. The number of ketones is 1. The molecule has 108 valence electrons. The molecule has 20 heavy (non-hydrogen) atoms. The van der Waals surface area contributed by atoms with E-state index in [1.165, 1.54) is 14.2 Å². The molecule has 1 aliphatic rings. The minimum atomic E-state index is -0.723. The summed E-state index contributed by atoms with van der Waals surface area (Å²) in [5.41, 5.74) is 1.41. The minimum Gasteiger partial charge on any atom is -0.493 e. The second-order valence-electron chi connectivity index (χ2n) is 4.70. The first-order chi connectivity index (χ1) is 9.62. The van der Waals surface area contributed by atoms with Crippen LogP contribution in [0.3, 0.4) is 0 Å². The number of rotatable bonds is 3. The highest BCUT2D eigenvalue weighted by Gasteiger charge is 2.32. The number of hydrogen-bond acceptors (Lipinski definition) is 5. The van der Waals surface area contributed by atoms with Crippen LogP contribution in [0.25, 0.3) is 0 Å². The van der Waals surface area contributed by atoms with E-state index in [1.807, 2.05) is 6.07 Å². The van der Waals surface area contributed by atoms with Gasteiger partial charge in [-0.3, -0.25) is 9.59 Å². The fourth-order valence-corrected chi connectivity index (χ4v) is 2.54. The van der Waals surface area contributed by atoms with Crippen LogP contribution in [0.1, 0.15) is 28.8 Å². The molecule has 5 heteroatoms. The van der Waals surface area contributed by atoms with Crippen LogP contribution in [0.2, 0.25) is 0 Å². The van der Waals surface area contributed by atoms with Crippen LogP contribution in [-0.4, -0.2) is 33.1 Å². The molecule has 0 aromatic heterocycles. The zero-order valence-corrected chi connectivity index (χ0v) is 11.9. The summed E-state index contributed by atoms with van der Waals surface area (Å²) in [6.45, 7) is 0. The van der Waals surface area contributed by atoms with Crippen LogP contribution >= 0.6 is 0 Å². The van der Waals surface area contributed by atoms with Crippen LogP contribution in [0, 0.1) is 5.92 Å². The fraction of sp³-hybridized carbons (Fsp3) is 0.467. The number of carbonyl (C=O) groups excluding carboxylic acids is 2. The number of ether oxygens (including phenoxy) is 3. The Bertz CT molecular complexity index is 535. The Morgan fingerprint density at radius 2 is 1.80 bits per heavy atom. The maximum absolute atomic E-state index is 12.5. The molecular formula is C15H18O5. The Morgan fingerprint density at radius 3 is 2.40 bits per heavy atom. The summed E-state index contributed by atoms with van der Waals surface area (Å²) >= 11 is 0. The SMILES string of the molecule is COC(=O)C1CCCc2cc(OC)c(OC)cc2C1=O. The van der Waals surface area contributed by atoms with E-state index in [2.05, 4.69) is 0 Å². The number of hydrogen-bond donors (Lipinski definition) is 0. The van der Waals surface area contributed by atoms with Crippen LogP contribution in [0.4, 0.5) is 0 Å². The van der Waals surface area contributed by atoms with Gasteiger partial charge in [-0.2, -0.15) is 0 Å². The number of esters is 1. The summed E-state index contributed by atoms with van der Waals surface area (Å²) < 4.78 is 15.2. The third kappa shape index (κ3) is 2.48. The van der Waals surface area contributed by atoms with E-state index in [0.29, 0.717) is 23.5 Å². The topological polar surface area (TPSA) is 61.8 Å². The molecule has 5 nitrogen and oxygen atoms in total. The lowest BCUT2D eigenvalue weighted by molar-refractivity contribution is -0.143. The number of benzene rings is 1. The minimum absolute atomic E-state index is 0.203. The first-order valence-corrected chi connectivity index (χ1v) is 6.49. The van der Waals surface area contributed by atoms with Crippen molar-refractivity contribution in [2.45, 2.75) is 19.3 Å². The van der Waals surface area contributed by atoms with Crippen molar-refractivity contribution in [2.75, 3.05) is 21.3 Å². The van der Waals surface area contributed by atoms with Gasteiger partial charge in [-0.15, -0.1) is 0 Å². The van der Waals surface area contributed by atoms with Crippen LogP contribution in [-0.2, 0) is 16.0 Å². The highest BCUT2D eigenvalue weighted by Crippen LogP contribution is 2.35. The Labute approximate surface area is 117 Å². The van der Waals surface area contributed by atoms with Crippen molar-refractivity contribution in [2.24, 2.45) is 5.92 Å². The molecule has 0 heterocycles. The molecule has 0 N–H and O–H groups in total. The molecule has 0 bridgehead atoms. The monoisotopic (exact) mass is 278 g/mol. The molecule has 1 unspecified atom stereocenters. The molecule has 0 saturated heterocycles. The van der Waals surface area contributed by atoms with E-state index in [-0.39, 0.29) is 5.78 Å². The summed E-state index contributed by atoms with van der Waals surface area (Å²) in [6.07, 6.45) is 1.99. The number of Topliss-reactive ketones (excluding diaryl/α,β-unsaturated/α-hetero) is 1. The standard InChI is InChI=1S/C15H18O5/c1-18-12-7-9-5-4-6-10(15(17)20-3)14(16)11(9)8-13(12)19-2/h7-8,10H,4-6H2,1-3H3. The van der Waals surface area contributed by atoms with Crippen LogP contribution in [0.5, 0.6) is 11.5 Å². The molecule has 0 spiro atoms. The van der Waals surface area contributed by atoms with E-state index < -0.39 is 11.9 Å². The molecule has 0 radical (unpaired) electrons. The van der Waals surface area contributed by atoms with Gasteiger partial charge in [0.2, 0.25) is 0 Å². The van der Waals surface area contributed by atoms with Crippen molar-refractivity contribution in [3.8, 4) is 11.5 Å². The van der Waals surface area contributed by atoms with Gasteiger partial charge in [0.05, 0.1) is 21.3 Å². The second-order valence-corrected chi connectivity index (χ2v) is 4.70. The van der Waals surface area contributed by atoms with Gasteiger partial charge in [0.1, 0.15) is 5.92 Å². The molecule has 1 aromatic carbocycles. The highest BCUT2D eigenvalue weighted by molar-refractivity contribution is 6.10. The zero-order chi connectivity index (χ0) is 14.7. The number of methoxy groups -OCH3 is 3. The van der Waals surface area contributed by atoms with Crippen molar-refractivity contribution in [1.29, 1.82) is 0 Å². The van der Waals surface area contributed by atoms with E-state index in [4.69, 9.17) is 14.2 Å². The molecule has 0 saturated carbocycles. The smallest absolute Gasteiger partial charge is 0.316 e. The summed E-state index contributed by atoms with van der Waals surface area (Å²) in [5, 5.41) is 0. The van der Waals surface area contributed by atoms with Gasteiger partial charge in [0, 0.05) is 5.56 Å². The largest absolute Gasteiger partial charge is 0.493 e. The van der Waals surface area contributed by atoms with E-state index in [0.717, 1.165) is 18.4 Å². The van der Waals surface area contributed by atoms with Crippen molar-refractivity contribution in [3.05, 3.63) is 23.3 Å². The lowest BCUT2D eigenvalue weighted by Crippen LogP contribution is -2.24. The van der Waals surface area contributed by atoms with E-state index in [1.54, 1.807) is 13.2 Å². The summed E-state index contributed by atoms with van der Waals surface area (Å²) in [4.78, 5) is 24.2. The molecule has 1 aromatic rings. The molecule has 0 aliphatic heterocycles. The summed E-state index contributed by atoms with van der Waals surface area (Å²) in [5.74, 6) is -0.317. The van der Waals surface area contributed by atoms with Crippen LogP contribution in [0.15, 0.2) is 12.1 Å². The highest BCUT2D eigenvalue weighted by atomic mass is 16.5. The van der Waals surface area contributed by atoms with Gasteiger partial charge in [-0.05, 0) is 37.0 Å². The molecule has 2 rings (SSSR count). The van der Waals surface area contributed by atoms with Gasteiger partial charge in [-0.25, -0.2) is 0 Å². The number of aryl methyl sites for hydroxylation is 1. The molecule has 0 amide bonds. The maximum atomic E-state index is 12.5. The average molecular weight is 278 g/mol. The molecule has 1 atom stereocenters. The Kier molecular flexibility index (Phi) is 4.27. The van der Waals surface area contributed by atoms with Crippen LogP contribution < -0.4 is 9.47 Å². The van der Waals surface area contributed by atoms with E-state index in [9.17, 15) is 9.59 Å². The number of carbonyl (C=O) groups is 2. The lowest BCUT2D eigenvalue weighted by atomic mass is 9.95. The van der Waals surface area contributed by atoms with Gasteiger partial charge < -0.3 is 14.2 Å². The molecule has 0 fully saturated rings. The summed E-state index contributed by atoms with van der Waals surface area (Å²) in [6, 6.07) is 3.46. The normalized spacial score (nSPS) is 17.9. The van der Waals surface area contributed by atoms with Gasteiger partial charge in [0.15, 0.2) is 17.3 Å². The zero-order valence-electron chi connectivity index (χ0n) is 11.9. The third-order valence-corrected chi connectivity index (χ3v) is 3.62. The Balaban J connectivity index is 2.48. The van der Waals surface area contributed by atoms with Crippen molar-refractivity contribution in [3.63, 3.8) is 0 Å². The second kappa shape index (κ2) is 5.94. The first kappa shape index (κ1) is 14.4. The fourth-order valence-electron chi connectivity index (χ4n) is 2.54. The van der Waals surface area contributed by atoms with E-state index >= 15 is 0 Å². The van der Waals surface area contributed by atoms with Crippen molar-refractivity contribution in [1.82, 2.24) is 0 Å². The average Bonchev–Trinajstić information content (AvgIpc) is 2.64. The molecule has 1 aliphatic carbocycles. The lowest BCUT2D eigenvalue weighted by Gasteiger charge is -2.14. The summed E-state index contributed by atoms with van der Waals surface area (Å²) in [7, 11) is 4.37. The predicted octanol–water partition coefficient (Wildman–Crippen LogP) is 2.01. The van der Waals surface area contributed by atoms with Gasteiger partial charge in [0.25, 0.3) is 0 Å². The Hall–Kier alpha value is -2.04.